The Hall–Kier alpha value is -4.80. The first-order chi connectivity index (χ1) is 27.4. The number of fused-ring (bicyclic) bond motifs is 1. The van der Waals surface area contributed by atoms with Crippen molar-refractivity contribution in [1.82, 2.24) is 10.1 Å². The topological polar surface area (TPSA) is 153 Å². The molecule has 5 rings (SSSR count). The molecule has 0 radical (unpaired) electrons. The molecule has 0 spiro atoms. The molecule has 2 heterocycles. The Morgan fingerprint density at radius 3 is 2.32 bits per heavy atom. The van der Waals surface area contributed by atoms with E-state index in [2.05, 4.69) is 5.32 Å². The number of hydrogen-bond donors (Lipinski definition) is 2. The third-order valence-corrected chi connectivity index (χ3v) is 11.2. The number of carbonyl (C=O) groups is 4. The molecule has 0 bridgehead atoms. The second-order valence-corrected chi connectivity index (χ2v) is 14.7. The van der Waals surface area contributed by atoms with E-state index in [-0.39, 0.29) is 43.4 Å². The number of nitrogens with one attached hydrogen (secondary N) is 1. The molecule has 16 heteroatoms. The normalized spacial score (nSPS) is 18.2. The number of halogens is 1. The zero-order valence-corrected chi connectivity index (χ0v) is 34.4. The Kier molecular flexibility index (Phi) is 15.3. The molecule has 0 aliphatic carbocycles. The summed E-state index contributed by atoms with van der Waals surface area (Å²) in [4.78, 5) is 57.6. The highest BCUT2D eigenvalue weighted by Crippen LogP contribution is 2.47. The van der Waals surface area contributed by atoms with Crippen LogP contribution in [0.1, 0.15) is 43.1 Å². The summed E-state index contributed by atoms with van der Waals surface area (Å²) in [6, 6.07) is 21.8. The molecule has 2 aliphatic rings. The number of nitrogens with zero attached hydrogens (tertiary/aromatic N) is 2. The lowest BCUT2D eigenvalue weighted by atomic mass is 9.74. The van der Waals surface area contributed by atoms with Crippen molar-refractivity contribution in [2.45, 2.75) is 49.8 Å². The summed E-state index contributed by atoms with van der Waals surface area (Å²) in [7, 11) is 1.66. The molecular weight excluding hydrogens is 773 g/mol. The zero-order chi connectivity index (χ0) is 41.2. The maximum Gasteiger partial charge on any atom is 0.413 e. The lowest BCUT2D eigenvalue weighted by molar-refractivity contribution is -0.152. The minimum atomic E-state index is -1.16. The van der Waals surface area contributed by atoms with Crippen LogP contribution < -0.4 is 15.0 Å². The summed E-state index contributed by atoms with van der Waals surface area (Å²) in [6.45, 7) is 7.24. The van der Waals surface area contributed by atoms with Crippen LogP contribution in [0.3, 0.4) is 0 Å². The number of esters is 3. The number of carbonyl (C=O) groups excluding carboxylic acids is 4. The Balaban J connectivity index is 1.33. The Labute approximate surface area is 342 Å². The molecule has 302 valence electrons. The molecule has 13 nitrogen and oxygen atoms in total. The van der Waals surface area contributed by atoms with Gasteiger partial charge in [0.1, 0.15) is 5.75 Å². The summed E-state index contributed by atoms with van der Waals surface area (Å²) in [5, 5.41) is 14.1. The average molecular weight is 820 g/mol. The van der Waals surface area contributed by atoms with Crippen LogP contribution in [-0.4, -0.2) is 100 Å². The van der Waals surface area contributed by atoms with E-state index in [1.54, 1.807) is 50.1 Å². The van der Waals surface area contributed by atoms with Crippen molar-refractivity contribution in [3.63, 3.8) is 0 Å². The third-order valence-electron chi connectivity index (χ3n) is 9.53. The number of thioether (sulfide) groups is 1. The van der Waals surface area contributed by atoms with Gasteiger partial charge < -0.3 is 43.7 Å². The van der Waals surface area contributed by atoms with Crippen LogP contribution in [0.2, 0.25) is 11.8 Å². The zero-order valence-electron chi connectivity index (χ0n) is 32.8. The van der Waals surface area contributed by atoms with Gasteiger partial charge in [-0.2, -0.15) is 0 Å². The third kappa shape index (κ3) is 9.85. The van der Waals surface area contributed by atoms with Crippen LogP contribution in [0.5, 0.6) is 5.75 Å². The highest BCUT2D eigenvalue weighted by atomic mass is 35.5. The van der Waals surface area contributed by atoms with Crippen LogP contribution in [0.4, 0.5) is 5.69 Å². The number of benzene rings is 3. The monoisotopic (exact) mass is 819 g/mol. The standard InChI is InChI=1S/C41H47BClN3O10S/c1-7-55-41(50)36-32(46(42(4)51)25(2)34(40(49)53-6)35(36)29-12-8-9-13-30(29)43)24-54-23-21-44-20-22-45-31-14-10-11-15-33(31)57-38(37(39(45)48)56-26(3)47)27-16-18-28(52-5)19-17-27/h8-19,35,37-38,44,51H,7,20-24H2,1-6H3/t35?,37-,38+/m1/s1. The SMILES string of the molecule is CCOC(=O)C1=C(COCCNCCN2C(=O)[C@H](OC(C)=O)[C@H](c3ccc(OC)cc3)Sc3ccccc32)N(B(C)O)C(C)=C(C(=O)OC)C1c1ccccc1Cl. The van der Waals surface area contributed by atoms with E-state index in [9.17, 15) is 24.2 Å². The highest BCUT2D eigenvalue weighted by Gasteiger charge is 2.44. The van der Waals surface area contributed by atoms with Crippen molar-refractivity contribution in [3.05, 3.63) is 111 Å². The number of rotatable bonds is 16. The van der Waals surface area contributed by atoms with Crippen molar-refractivity contribution in [2.75, 3.05) is 58.6 Å². The number of allylic oxidation sites excluding steroid dienone is 1. The van der Waals surface area contributed by atoms with Gasteiger partial charge in [0.2, 0.25) is 0 Å². The maximum absolute atomic E-state index is 14.2. The van der Waals surface area contributed by atoms with Gasteiger partial charge in [0, 0.05) is 47.9 Å². The van der Waals surface area contributed by atoms with Crippen LogP contribution in [0.15, 0.2) is 100 Å². The maximum atomic E-state index is 14.2. The van der Waals surface area contributed by atoms with Crippen molar-refractivity contribution >= 4 is 59.9 Å². The number of para-hydroxylation sites is 1. The molecule has 57 heavy (non-hydrogen) atoms. The first kappa shape index (κ1) is 43.3. The van der Waals surface area contributed by atoms with Gasteiger partial charge in [0.05, 0.1) is 62.0 Å². The first-order valence-electron chi connectivity index (χ1n) is 18.5. The van der Waals surface area contributed by atoms with Gasteiger partial charge >= 0.3 is 25.0 Å². The molecule has 3 aromatic carbocycles. The molecule has 1 amide bonds. The van der Waals surface area contributed by atoms with E-state index < -0.39 is 42.2 Å². The predicted molar refractivity (Wildman–Crippen MR) is 218 cm³/mol. The molecule has 1 unspecified atom stereocenters. The Bertz CT molecular complexity index is 2010. The van der Waals surface area contributed by atoms with Gasteiger partial charge in [-0.15, -0.1) is 11.8 Å². The highest BCUT2D eigenvalue weighted by molar-refractivity contribution is 7.99. The number of hydrogen-bond acceptors (Lipinski definition) is 13. The fourth-order valence-corrected chi connectivity index (χ4v) is 8.61. The van der Waals surface area contributed by atoms with Gasteiger partial charge in [-0.3, -0.25) is 9.59 Å². The largest absolute Gasteiger partial charge is 0.497 e. The fraction of sp³-hybridized carbons (Fsp3) is 0.366. The molecule has 3 aromatic rings. The minimum Gasteiger partial charge on any atom is -0.497 e. The summed E-state index contributed by atoms with van der Waals surface area (Å²) in [5.74, 6) is -2.59. The van der Waals surface area contributed by atoms with Crippen LogP contribution in [0, 0.1) is 0 Å². The molecule has 0 fully saturated rings. The van der Waals surface area contributed by atoms with E-state index in [0.717, 1.165) is 10.5 Å². The fourth-order valence-electron chi connectivity index (χ4n) is 7.04. The number of ether oxygens (including phenoxy) is 5. The minimum absolute atomic E-state index is 0.0625. The number of anilines is 1. The predicted octanol–water partition coefficient (Wildman–Crippen LogP) is 5.54. The van der Waals surface area contributed by atoms with Gasteiger partial charge in [0.25, 0.3) is 5.91 Å². The van der Waals surface area contributed by atoms with Crippen LogP contribution >= 0.6 is 23.4 Å². The van der Waals surface area contributed by atoms with Gasteiger partial charge in [-0.05, 0) is 62.1 Å². The lowest BCUT2D eigenvalue weighted by Gasteiger charge is -2.39. The Morgan fingerprint density at radius 1 is 0.965 bits per heavy atom. The molecule has 2 aliphatic heterocycles. The van der Waals surface area contributed by atoms with Crippen molar-refractivity contribution in [2.24, 2.45) is 0 Å². The summed E-state index contributed by atoms with van der Waals surface area (Å²) in [5.41, 5.74) is 2.91. The number of amides is 1. The van der Waals surface area contributed by atoms with Gasteiger partial charge in [-0.1, -0.05) is 54.1 Å². The van der Waals surface area contributed by atoms with E-state index >= 15 is 0 Å². The summed E-state index contributed by atoms with van der Waals surface area (Å²) >= 11 is 8.12. The second-order valence-electron chi connectivity index (χ2n) is 13.1. The molecule has 0 saturated carbocycles. The van der Waals surface area contributed by atoms with Crippen LogP contribution in [0.25, 0.3) is 0 Å². The first-order valence-corrected chi connectivity index (χ1v) is 19.8. The molecule has 3 atom stereocenters. The molecule has 0 saturated heterocycles. The summed E-state index contributed by atoms with van der Waals surface area (Å²) in [6.07, 6.45) is -1.09. The molecular formula is C41H47BClN3O10S. The second kappa shape index (κ2) is 20.1. The lowest BCUT2D eigenvalue weighted by Crippen LogP contribution is -2.45. The van der Waals surface area contributed by atoms with Crippen molar-refractivity contribution < 1.29 is 47.9 Å². The quantitative estimate of drug-likeness (QED) is 0.0806. The van der Waals surface area contributed by atoms with E-state index in [0.29, 0.717) is 46.5 Å². The number of methoxy groups -OCH3 is 2. The Morgan fingerprint density at radius 2 is 1.67 bits per heavy atom. The molecule has 2 N–H and O–H groups in total. The summed E-state index contributed by atoms with van der Waals surface area (Å²) < 4.78 is 27.8. The molecule has 0 aromatic heterocycles. The van der Waals surface area contributed by atoms with E-state index in [1.165, 1.54) is 37.4 Å². The van der Waals surface area contributed by atoms with Crippen molar-refractivity contribution in [3.8, 4) is 5.75 Å². The van der Waals surface area contributed by atoms with Crippen molar-refractivity contribution in [1.29, 1.82) is 0 Å². The van der Waals surface area contributed by atoms with E-state index in [4.69, 9.17) is 35.3 Å². The van der Waals surface area contributed by atoms with Crippen LogP contribution in [-0.2, 0) is 38.1 Å². The smallest absolute Gasteiger partial charge is 0.413 e. The average Bonchev–Trinajstić information content (AvgIpc) is 3.30. The van der Waals surface area contributed by atoms with Gasteiger partial charge in [-0.25, -0.2) is 9.59 Å². The van der Waals surface area contributed by atoms with E-state index in [1.807, 2.05) is 48.5 Å². The van der Waals surface area contributed by atoms with Gasteiger partial charge in [0.15, 0.2) is 6.10 Å².